The van der Waals surface area contributed by atoms with Gasteiger partial charge in [-0.15, -0.1) is 0 Å². The SMILES string of the molecule is O=S(=O)(CC1CCCNC1)NC1CCCCC1O. The Bertz CT molecular complexity index is 352. The second-order valence-corrected chi connectivity index (χ2v) is 7.37. The first-order chi connectivity index (χ1) is 8.57. The van der Waals surface area contributed by atoms with Crippen LogP contribution in [0.25, 0.3) is 0 Å². The molecule has 106 valence electrons. The van der Waals surface area contributed by atoms with Gasteiger partial charge in [-0.1, -0.05) is 12.8 Å². The molecule has 0 bridgehead atoms. The highest BCUT2D eigenvalue weighted by Gasteiger charge is 2.29. The highest BCUT2D eigenvalue weighted by molar-refractivity contribution is 7.89. The lowest BCUT2D eigenvalue weighted by Crippen LogP contribution is -2.47. The molecule has 18 heavy (non-hydrogen) atoms. The molecule has 1 saturated heterocycles. The fourth-order valence-electron chi connectivity index (χ4n) is 2.90. The molecule has 2 aliphatic rings. The normalized spacial score (nSPS) is 34.4. The van der Waals surface area contributed by atoms with Crippen molar-refractivity contribution in [2.45, 2.75) is 50.7 Å². The van der Waals surface area contributed by atoms with Crippen molar-refractivity contribution in [1.82, 2.24) is 10.0 Å². The van der Waals surface area contributed by atoms with E-state index in [9.17, 15) is 13.5 Å². The molecule has 3 N–H and O–H groups in total. The van der Waals surface area contributed by atoms with Crippen LogP contribution in [0.15, 0.2) is 0 Å². The second kappa shape index (κ2) is 6.32. The summed E-state index contributed by atoms with van der Waals surface area (Å²) in [6.07, 6.45) is 4.95. The summed E-state index contributed by atoms with van der Waals surface area (Å²) in [5, 5.41) is 13.0. The molecule has 0 aromatic rings. The molecule has 2 fully saturated rings. The van der Waals surface area contributed by atoms with Crippen LogP contribution in [0, 0.1) is 5.92 Å². The van der Waals surface area contributed by atoms with Gasteiger partial charge in [0.05, 0.1) is 11.9 Å². The Kier molecular flexibility index (Phi) is 5.00. The maximum Gasteiger partial charge on any atom is 0.212 e. The quantitative estimate of drug-likeness (QED) is 0.686. The van der Waals surface area contributed by atoms with Crippen LogP contribution in [-0.4, -0.2) is 44.5 Å². The van der Waals surface area contributed by atoms with Crippen molar-refractivity contribution >= 4 is 10.0 Å². The predicted octanol–water partition coefficient (Wildman–Crippen LogP) is 0.209. The van der Waals surface area contributed by atoms with E-state index in [0.717, 1.165) is 45.2 Å². The molecule has 0 spiro atoms. The van der Waals surface area contributed by atoms with Gasteiger partial charge in [-0.2, -0.15) is 0 Å². The average molecular weight is 276 g/mol. The third kappa shape index (κ3) is 4.19. The van der Waals surface area contributed by atoms with Crippen molar-refractivity contribution in [2.75, 3.05) is 18.8 Å². The number of hydrogen-bond acceptors (Lipinski definition) is 4. The van der Waals surface area contributed by atoms with Crippen LogP contribution >= 0.6 is 0 Å². The summed E-state index contributed by atoms with van der Waals surface area (Å²) >= 11 is 0. The van der Waals surface area contributed by atoms with Crippen LogP contribution in [0.4, 0.5) is 0 Å². The van der Waals surface area contributed by atoms with E-state index in [2.05, 4.69) is 10.0 Å². The molecule has 3 unspecified atom stereocenters. The number of piperidine rings is 1. The first-order valence-electron chi connectivity index (χ1n) is 6.95. The van der Waals surface area contributed by atoms with Gasteiger partial charge >= 0.3 is 0 Å². The van der Waals surface area contributed by atoms with E-state index in [1.807, 2.05) is 0 Å². The molecule has 5 nitrogen and oxygen atoms in total. The number of aliphatic hydroxyl groups excluding tert-OH is 1. The minimum atomic E-state index is -3.26. The standard InChI is InChI=1S/C12H24N2O3S/c15-12-6-2-1-5-11(12)14-18(16,17)9-10-4-3-7-13-8-10/h10-15H,1-9H2. The first-order valence-corrected chi connectivity index (χ1v) is 8.61. The van der Waals surface area contributed by atoms with Gasteiger partial charge in [0.1, 0.15) is 0 Å². The van der Waals surface area contributed by atoms with E-state index in [1.54, 1.807) is 0 Å². The van der Waals surface area contributed by atoms with Crippen LogP contribution in [0.1, 0.15) is 38.5 Å². The zero-order valence-corrected chi connectivity index (χ0v) is 11.6. The summed E-state index contributed by atoms with van der Waals surface area (Å²) in [7, 11) is -3.26. The largest absolute Gasteiger partial charge is 0.391 e. The van der Waals surface area contributed by atoms with Crippen LogP contribution in [0.3, 0.4) is 0 Å². The fraction of sp³-hybridized carbons (Fsp3) is 1.00. The molecular weight excluding hydrogens is 252 g/mol. The molecule has 1 aliphatic carbocycles. The van der Waals surface area contributed by atoms with Gasteiger partial charge in [0.25, 0.3) is 0 Å². The lowest BCUT2D eigenvalue weighted by atomic mass is 9.93. The van der Waals surface area contributed by atoms with Crippen molar-refractivity contribution in [1.29, 1.82) is 0 Å². The Morgan fingerprint density at radius 1 is 1.17 bits per heavy atom. The van der Waals surface area contributed by atoms with Gasteiger partial charge in [-0.25, -0.2) is 13.1 Å². The van der Waals surface area contributed by atoms with E-state index < -0.39 is 16.1 Å². The molecule has 6 heteroatoms. The van der Waals surface area contributed by atoms with E-state index >= 15 is 0 Å². The Morgan fingerprint density at radius 3 is 2.61 bits per heavy atom. The maximum atomic E-state index is 12.1. The molecule has 0 aromatic carbocycles. The zero-order valence-electron chi connectivity index (χ0n) is 10.8. The second-order valence-electron chi connectivity index (χ2n) is 5.57. The van der Waals surface area contributed by atoms with Gasteiger partial charge in [-0.05, 0) is 44.7 Å². The van der Waals surface area contributed by atoms with Crippen molar-refractivity contribution in [3.63, 3.8) is 0 Å². The summed E-state index contributed by atoms with van der Waals surface area (Å²) in [4.78, 5) is 0. The lowest BCUT2D eigenvalue weighted by molar-refractivity contribution is 0.101. The van der Waals surface area contributed by atoms with Crippen molar-refractivity contribution in [2.24, 2.45) is 5.92 Å². The highest BCUT2D eigenvalue weighted by Crippen LogP contribution is 2.20. The first kappa shape index (κ1) is 14.2. The molecular formula is C12H24N2O3S. The van der Waals surface area contributed by atoms with Gasteiger partial charge in [-0.3, -0.25) is 0 Å². The summed E-state index contributed by atoms with van der Waals surface area (Å²) in [6, 6.07) is -0.278. The minimum absolute atomic E-state index is 0.184. The van der Waals surface area contributed by atoms with Crippen LogP contribution < -0.4 is 10.0 Å². The molecule has 1 saturated carbocycles. The van der Waals surface area contributed by atoms with Crippen LogP contribution in [0.5, 0.6) is 0 Å². The number of hydrogen-bond donors (Lipinski definition) is 3. The van der Waals surface area contributed by atoms with Crippen LogP contribution in [0.2, 0.25) is 0 Å². The molecule has 2 rings (SSSR count). The third-order valence-electron chi connectivity index (χ3n) is 3.91. The summed E-state index contributed by atoms with van der Waals surface area (Å²) in [6.45, 7) is 1.78. The maximum absolute atomic E-state index is 12.1. The van der Waals surface area contributed by atoms with Crippen molar-refractivity contribution < 1.29 is 13.5 Å². The van der Waals surface area contributed by atoms with Crippen molar-refractivity contribution in [3.05, 3.63) is 0 Å². The fourth-order valence-corrected chi connectivity index (χ4v) is 4.64. The molecule has 0 amide bonds. The Balaban J connectivity index is 1.85. The van der Waals surface area contributed by atoms with Crippen molar-refractivity contribution in [3.8, 4) is 0 Å². The molecule has 0 aromatic heterocycles. The van der Waals surface area contributed by atoms with E-state index in [1.165, 1.54) is 0 Å². The number of nitrogens with one attached hydrogen (secondary N) is 2. The molecule has 1 aliphatic heterocycles. The summed E-state index contributed by atoms with van der Waals surface area (Å²) < 4.78 is 26.8. The van der Waals surface area contributed by atoms with Gasteiger partial charge in [0, 0.05) is 6.04 Å². The van der Waals surface area contributed by atoms with E-state index in [0.29, 0.717) is 6.42 Å². The Labute approximate surface area is 109 Å². The van der Waals surface area contributed by atoms with Gasteiger partial charge in [0.2, 0.25) is 10.0 Å². The lowest BCUT2D eigenvalue weighted by Gasteiger charge is -2.29. The zero-order chi connectivity index (χ0) is 13.0. The smallest absolute Gasteiger partial charge is 0.212 e. The minimum Gasteiger partial charge on any atom is -0.391 e. The number of sulfonamides is 1. The highest BCUT2D eigenvalue weighted by atomic mass is 32.2. The predicted molar refractivity (Wildman–Crippen MR) is 70.8 cm³/mol. The Hall–Kier alpha value is -0.170. The van der Waals surface area contributed by atoms with E-state index in [4.69, 9.17) is 0 Å². The van der Waals surface area contributed by atoms with Crippen LogP contribution in [-0.2, 0) is 10.0 Å². The number of aliphatic hydroxyl groups is 1. The number of rotatable bonds is 4. The molecule has 3 atom stereocenters. The summed E-state index contributed by atoms with van der Waals surface area (Å²) in [5.74, 6) is 0.389. The Morgan fingerprint density at radius 2 is 1.94 bits per heavy atom. The molecule has 0 radical (unpaired) electrons. The van der Waals surface area contributed by atoms with E-state index in [-0.39, 0.29) is 17.7 Å². The van der Waals surface area contributed by atoms with Gasteiger partial charge < -0.3 is 10.4 Å². The van der Waals surface area contributed by atoms with Gasteiger partial charge in [0.15, 0.2) is 0 Å². The average Bonchev–Trinajstić information content (AvgIpc) is 2.32. The monoisotopic (exact) mass is 276 g/mol. The third-order valence-corrected chi connectivity index (χ3v) is 5.49. The molecule has 1 heterocycles. The summed E-state index contributed by atoms with van der Waals surface area (Å²) in [5.41, 5.74) is 0. The topological polar surface area (TPSA) is 78.4 Å².